The monoisotopic (exact) mass is 658 g/mol. The van der Waals surface area contributed by atoms with Crippen LogP contribution < -0.4 is 0 Å². The van der Waals surface area contributed by atoms with Crippen LogP contribution in [0, 0.1) is 49.4 Å². The molecule has 15 heteroatoms. The zero-order valence-electron chi connectivity index (χ0n) is 20.3. The van der Waals surface area contributed by atoms with Gasteiger partial charge in [-0.15, -0.1) is 0 Å². The van der Waals surface area contributed by atoms with Crippen LogP contribution in [0.4, 0.5) is 5.69 Å². The summed E-state index contributed by atoms with van der Waals surface area (Å²) in [5.74, 6) is -3.23. The second-order valence-corrected chi connectivity index (χ2v) is 8.45. The Morgan fingerprint density at radius 3 is 1.30 bits per heavy atom. The van der Waals surface area contributed by atoms with E-state index >= 15 is 0 Å². The molecule has 3 N–H and O–H groups in total. The molecule has 0 aromatic heterocycles. The fourth-order valence-electron chi connectivity index (χ4n) is 3.84. The molecule has 2 rings (SSSR count). The first-order chi connectivity index (χ1) is 17.2. The predicted molar refractivity (Wildman–Crippen MR) is 128 cm³/mol. The molecule has 0 bridgehead atoms. The number of carboxylic acid groups (broad SMARTS) is 3. The maximum Gasteiger partial charge on any atom is 0.317 e. The van der Waals surface area contributed by atoms with Crippen molar-refractivity contribution >= 4 is 29.4 Å². The molecule has 0 saturated carbocycles. The Hall–Kier alpha value is -1.97. The van der Waals surface area contributed by atoms with Gasteiger partial charge in [0.15, 0.2) is 5.78 Å². The van der Waals surface area contributed by atoms with Gasteiger partial charge in [0.25, 0.3) is 0 Å². The van der Waals surface area contributed by atoms with Crippen LogP contribution in [0.25, 0.3) is 10.4 Å². The predicted octanol–water partition coefficient (Wildman–Crippen LogP) is 0.287. The number of carbonyl (C=O) groups is 4. The van der Waals surface area contributed by atoms with E-state index in [0.29, 0.717) is 63.6 Å². The Morgan fingerprint density at radius 1 is 0.676 bits per heavy atom. The van der Waals surface area contributed by atoms with Crippen LogP contribution in [0.3, 0.4) is 0 Å². The number of aliphatic carboxylic acids is 3. The summed E-state index contributed by atoms with van der Waals surface area (Å²) >= 11 is 0. The van der Waals surface area contributed by atoms with E-state index < -0.39 is 17.9 Å². The first-order valence-electron chi connectivity index (χ1n) is 11.4. The van der Waals surface area contributed by atoms with Crippen LogP contribution in [-0.4, -0.2) is 137 Å². The second kappa shape index (κ2) is 17.5. The number of ketones is 1. The normalized spacial score (nSPS) is 16.9. The molecule has 0 amide bonds. The van der Waals surface area contributed by atoms with Crippen LogP contribution in [0.1, 0.15) is 10.4 Å². The molecular weight excluding hydrogens is 626 g/mol. The van der Waals surface area contributed by atoms with Crippen molar-refractivity contribution in [2.75, 3.05) is 78.5 Å². The number of hydrogen-bond acceptors (Lipinski definition) is 9. The number of nitrogens with zero attached hydrogens (tertiary/aromatic N) is 7. The van der Waals surface area contributed by atoms with Gasteiger partial charge in [0.1, 0.15) is 0 Å². The van der Waals surface area contributed by atoms with Gasteiger partial charge in [0.2, 0.25) is 0 Å². The van der Waals surface area contributed by atoms with Gasteiger partial charge in [-0.25, -0.2) is 0 Å². The van der Waals surface area contributed by atoms with Gasteiger partial charge < -0.3 is 15.3 Å². The third-order valence-corrected chi connectivity index (χ3v) is 5.72. The second-order valence-electron chi connectivity index (χ2n) is 8.45. The summed E-state index contributed by atoms with van der Waals surface area (Å²) < 4.78 is 0. The van der Waals surface area contributed by atoms with Crippen molar-refractivity contribution < 1.29 is 83.9 Å². The fourth-order valence-corrected chi connectivity index (χ4v) is 3.84. The van der Waals surface area contributed by atoms with Crippen molar-refractivity contribution in [1.82, 2.24) is 19.6 Å². The summed E-state index contributed by atoms with van der Waals surface area (Å²) in [5, 5.41) is 31.3. The summed E-state index contributed by atoms with van der Waals surface area (Å²) in [6.45, 7) is 1.93. The van der Waals surface area contributed by atoms with Crippen LogP contribution in [-0.2, 0) is 14.4 Å². The molecule has 0 unspecified atom stereocenters. The van der Waals surface area contributed by atoms with E-state index in [4.69, 9.17) is 5.53 Å². The van der Waals surface area contributed by atoms with Gasteiger partial charge in [-0.2, -0.15) is 0 Å². The first kappa shape index (κ1) is 33.1. The van der Waals surface area contributed by atoms with E-state index in [0.717, 1.165) is 0 Å². The van der Waals surface area contributed by atoms with E-state index in [2.05, 4.69) is 10.0 Å². The molecule has 0 aliphatic carbocycles. The number of hydrogen-bond donors (Lipinski definition) is 3. The quantitative estimate of drug-likeness (QED) is 0.136. The average Bonchev–Trinajstić information content (AvgIpc) is 2.80. The van der Waals surface area contributed by atoms with E-state index in [1.165, 1.54) is 12.1 Å². The molecule has 1 aliphatic rings. The number of azide groups is 1. The molecule has 0 atom stereocenters. The molecule has 1 heterocycles. The minimum atomic E-state index is -1.02. The van der Waals surface area contributed by atoms with Crippen molar-refractivity contribution in [3.63, 3.8) is 0 Å². The molecular formula is C22H31EuN7O7. The van der Waals surface area contributed by atoms with Gasteiger partial charge in [-0.1, -0.05) is 29.4 Å². The van der Waals surface area contributed by atoms with Gasteiger partial charge in [-0.05, 0) is 5.53 Å². The SMILES string of the molecule is [Eu].[N-]=[N+]=Nc1ccc(C(=O)CN2CCN(CC(=O)O)CCN(CC(=O)O)CCN(CC(=O)O)CC2)cc1. The average molecular weight is 657 g/mol. The topological polar surface area (TPSA) is 191 Å². The number of carboxylic acids is 3. The number of carbonyl (C=O) groups excluding carboxylic acids is 1. The van der Waals surface area contributed by atoms with Crippen molar-refractivity contribution in [3.8, 4) is 0 Å². The zero-order valence-corrected chi connectivity index (χ0v) is 22.7. The summed E-state index contributed by atoms with van der Waals surface area (Å²) in [6, 6.07) is 6.20. The molecule has 1 aliphatic heterocycles. The Balaban J connectivity index is 0.00000684. The van der Waals surface area contributed by atoms with Crippen molar-refractivity contribution in [1.29, 1.82) is 0 Å². The van der Waals surface area contributed by atoms with Crippen LogP contribution in [0.5, 0.6) is 0 Å². The van der Waals surface area contributed by atoms with Crippen molar-refractivity contribution in [2.24, 2.45) is 5.11 Å². The fraction of sp³-hybridized carbons (Fsp3) is 0.545. The molecule has 14 nitrogen and oxygen atoms in total. The maximum atomic E-state index is 12.9. The molecule has 203 valence electrons. The zero-order chi connectivity index (χ0) is 26.5. The minimum Gasteiger partial charge on any atom is -0.480 e. The Kier molecular flexibility index (Phi) is 15.7. The largest absolute Gasteiger partial charge is 0.480 e. The van der Waals surface area contributed by atoms with Crippen molar-refractivity contribution in [2.45, 2.75) is 0 Å². The molecule has 1 aromatic rings. The minimum absolute atomic E-state index is 0. The summed E-state index contributed by atoms with van der Waals surface area (Å²) in [4.78, 5) is 56.5. The van der Waals surface area contributed by atoms with Gasteiger partial charge in [-0.3, -0.25) is 38.8 Å². The van der Waals surface area contributed by atoms with Gasteiger partial charge in [0, 0.05) is 118 Å². The molecule has 1 aromatic carbocycles. The number of rotatable bonds is 10. The standard InChI is InChI=1S/C22H31N7O7.Eu/c23-25-24-18-3-1-17(2-4-18)19(30)13-26-5-7-27(14-20(31)32)9-11-29(16-22(35)36)12-10-28(8-6-26)15-21(33)34;/h1-4H,5-16H2,(H,31,32)(H,33,34)(H,35,36);. The molecule has 1 fully saturated rings. The Morgan fingerprint density at radius 2 is 1.00 bits per heavy atom. The molecule has 0 spiro atoms. The van der Waals surface area contributed by atoms with Gasteiger partial charge in [0.05, 0.1) is 26.2 Å². The van der Waals surface area contributed by atoms with Crippen molar-refractivity contribution in [3.05, 3.63) is 40.3 Å². The Bertz CT molecular complexity index is 941. The van der Waals surface area contributed by atoms with Crippen LogP contribution in [0.15, 0.2) is 29.4 Å². The smallest absolute Gasteiger partial charge is 0.317 e. The molecule has 1 radical (unpaired) electrons. The first-order valence-corrected chi connectivity index (χ1v) is 11.4. The Labute approximate surface area is 255 Å². The molecule has 1 saturated heterocycles. The summed E-state index contributed by atoms with van der Waals surface area (Å²) in [6.07, 6.45) is 0. The van der Waals surface area contributed by atoms with Gasteiger partial charge >= 0.3 is 17.9 Å². The maximum absolute atomic E-state index is 12.9. The van der Waals surface area contributed by atoms with E-state index in [-0.39, 0.29) is 81.3 Å². The third-order valence-electron chi connectivity index (χ3n) is 5.72. The third kappa shape index (κ3) is 13.4. The van der Waals surface area contributed by atoms with E-state index in [9.17, 15) is 34.5 Å². The number of Topliss-reactive ketones (excluding diaryl/α,β-unsaturated/α-hetero) is 1. The molecule has 37 heavy (non-hydrogen) atoms. The summed E-state index contributed by atoms with van der Waals surface area (Å²) in [5.41, 5.74) is 9.33. The number of benzene rings is 1. The van der Waals surface area contributed by atoms with Crippen LogP contribution in [0.2, 0.25) is 0 Å². The van der Waals surface area contributed by atoms with Crippen LogP contribution >= 0.6 is 0 Å². The summed E-state index contributed by atoms with van der Waals surface area (Å²) in [7, 11) is 0. The van der Waals surface area contributed by atoms with E-state index in [1.54, 1.807) is 26.8 Å². The van der Waals surface area contributed by atoms with E-state index in [1.807, 2.05) is 4.90 Å².